The van der Waals surface area contributed by atoms with E-state index in [2.05, 4.69) is 28.1 Å². The van der Waals surface area contributed by atoms with Crippen LogP contribution in [0.15, 0.2) is 78.5 Å². The van der Waals surface area contributed by atoms with Gasteiger partial charge >= 0.3 is 5.97 Å². The van der Waals surface area contributed by atoms with Gasteiger partial charge in [-0.15, -0.1) is 0 Å². The quantitative estimate of drug-likeness (QED) is 0.257. The van der Waals surface area contributed by atoms with Crippen molar-refractivity contribution in [1.29, 1.82) is 0 Å². The highest BCUT2D eigenvalue weighted by Crippen LogP contribution is 2.34. The van der Waals surface area contributed by atoms with Crippen LogP contribution >= 0.6 is 0 Å². The molecular formula is C30H31N3O3. The highest BCUT2D eigenvalue weighted by molar-refractivity contribution is 6.23. The molecule has 0 atom stereocenters. The fourth-order valence-electron chi connectivity index (χ4n) is 4.85. The molecule has 3 N–H and O–H groups in total. The van der Waals surface area contributed by atoms with E-state index in [0.717, 1.165) is 16.9 Å². The first-order valence-electron chi connectivity index (χ1n) is 12.7. The molecule has 184 valence electrons. The number of hydrogen-bond acceptors (Lipinski definition) is 6. The summed E-state index contributed by atoms with van der Waals surface area (Å²) in [6.07, 6.45) is 6.34. The highest BCUT2D eigenvalue weighted by atomic mass is 16.5. The molecule has 0 amide bonds. The summed E-state index contributed by atoms with van der Waals surface area (Å²) in [6, 6.07) is 23.5. The molecule has 1 fully saturated rings. The smallest absolute Gasteiger partial charge is 0.338 e. The number of ether oxygens (including phenoxy) is 1. The molecule has 6 heteroatoms. The van der Waals surface area contributed by atoms with Crippen molar-refractivity contribution in [3.63, 3.8) is 0 Å². The minimum atomic E-state index is -0.407. The summed E-state index contributed by atoms with van der Waals surface area (Å²) in [5.74, 6) is -0.530. The van der Waals surface area contributed by atoms with E-state index < -0.39 is 5.97 Å². The van der Waals surface area contributed by atoms with Gasteiger partial charge in [0.25, 0.3) is 0 Å². The van der Waals surface area contributed by atoms with Crippen LogP contribution in [0.4, 0.5) is 17.1 Å². The maximum absolute atomic E-state index is 13.4. The average Bonchev–Trinajstić information content (AvgIpc) is 3.24. The number of carbonyl (C=O) groups is 2. The monoisotopic (exact) mass is 481 g/mol. The van der Waals surface area contributed by atoms with Crippen LogP contribution in [0.3, 0.4) is 0 Å². The van der Waals surface area contributed by atoms with E-state index >= 15 is 0 Å². The van der Waals surface area contributed by atoms with Crippen molar-refractivity contribution in [3.8, 4) is 0 Å². The van der Waals surface area contributed by atoms with Gasteiger partial charge in [-0.3, -0.25) is 4.79 Å². The second kappa shape index (κ2) is 10.7. The van der Waals surface area contributed by atoms with Gasteiger partial charge in [-0.2, -0.15) is 0 Å². The van der Waals surface area contributed by atoms with Crippen LogP contribution in [0.5, 0.6) is 0 Å². The van der Waals surface area contributed by atoms with Crippen molar-refractivity contribution in [3.05, 3.63) is 95.2 Å². The Morgan fingerprint density at radius 1 is 0.917 bits per heavy atom. The van der Waals surface area contributed by atoms with Crippen molar-refractivity contribution < 1.29 is 14.3 Å². The minimum Gasteiger partial charge on any atom is -0.462 e. The fraction of sp³-hybridized carbons (Fsp3) is 0.267. The van der Waals surface area contributed by atoms with Gasteiger partial charge < -0.3 is 20.7 Å². The second-order valence-corrected chi connectivity index (χ2v) is 9.23. The lowest BCUT2D eigenvalue weighted by molar-refractivity contribution is 0.0526. The Labute approximate surface area is 211 Å². The number of hydrogen-bond donors (Lipinski definition) is 3. The second-order valence-electron chi connectivity index (χ2n) is 9.23. The van der Waals surface area contributed by atoms with E-state index in [1.807, 2.05) is 42.5 Å². The molecule has 0 saturated heterocycles. The van der Waals surface area contributed by atoms with Gasteiger partial charge in [0.15, 0.2) is 0 Å². The lowest BCUT2D eigenvalue weighted by Crippen LogP contribution is -2.22. The summed E-state index contributed by atoms with van der Waals surface area (Å²) in [5, 5.41) is 10.4. The molecule has 3 aromatic carbocycles. The van der Waals surface area contributed by atoms with Gasteiger partial charge in [-0.25, -0.2) is 4.79 Å². The number of fused-ring (bicyclic) bond motifs is 1. The Hall–Kier alpha value is -4.06. The molecule has 0 radical (unpaired) electrons. The van der Waals surface area contributed by atoms with Crippen LogP contribution in [0.2, 0.25) is 0 Å². The lowest BCUT2D eigenvalue weighted by Gasteiger charge is -2.24. The van der Waals surface area contributed by atoms with Gasteiger partial charge in [0.05, 0.1) is 23.6 Å². The zero-order valence-electron chi connectivity index (χ0n) is 20.5. The Balaban J connectivity index is 1.42. The van der Waals surface area contributed by atoms with Crippen molar-refractivity contribution >= 4 is 34.5 Å². The Kier molecular flexibility index (Phi) is 7.03. The third-order valence-corrected chi connectivity index (χ3v) is 6.70. The van der Waals surface area contributed by atoms with Crippen LogP contribution in [0.1, 0.15) is 65.3 Å². The molecule has 1 saturated carbocycles. The average molecular weight is 482 g/mol. The Bertz CT molecular complexity index is 1280. The van der Waals surface area contributed by atoms with Gasteiger partial charge in [0.1, 0.15) is 5.70 Å². The van der Waals surface area contributed by atoms with E-state index in [0.29, 0.717) is 40.9 Å². The highest BCUT2D eigenvalue weighted by Gasteiger charge is 2.29. The zero-order valence-corrected chi connectivity index (χ0v) is 20.5. The zero-order chi connectivity index (χ0) is 24.9. The van der Waals surface area contributed by atoms with Crippen molar-refractivity contribution in [1.82, 2.24) is 0 Å². The van der Waals surface area contributed by atoms with E-state index in [-0.39, 0.29) is 5.78 Å². The number of ketones is 1. The number of anilines is 3. The van der Waals surface area contributed by atoms with Crippen LogP contribution in [0, 0.1) is 0 Å². The number of allylic oxidation sites excluding steroid dienone is 1. The van der Waals surface area contributed by atoms with Crippen molar-refractivity contribution in [2.45, 2.75) is 45.1 Å². The van der Waals surface area contributed by atoms with Gasteiger partial charge in [-0.05, 0) is 62.2 Å². The molecular weight excluding hydrogens is 450 g/mol. The molecule has 0 unspecified atom stereocenters. The summed E-state index contributed by atoms with van der Waals surface area (Å²) in [7, 11) is 0. The summed E-state index contributed by atoms with van der Waals surface area (Å²) in [4.78, 5) is 25.6. The summed E-state index contributed by atoms with van der Waals surface area (Å²) < 4.78 is 5.11. The van der Waals surface area contributed by atoms with Crippen LogP contribution in [-0.2, 0) is 4.74 Å². The number of carbonyl (C=O) groups excluding carboxylic acids is 2. The first-order valence-corrected chi connectivity index (χ1v) is 12.7. The predicted molar refractivity (Wildman–Crippen MR) is 144 cm³/mol. The van der Waals surface area contributed by atoms with Crippen LogP contribution < -0.4 is 16.0 Å². The lowest BCUT2D eigenvalue weighted by atomic mass is 9.95. The standard InChI is InChI=1S/C30H31N3O3/c1-2-36-30(35)21-13-18-25-26(19-21)33-28(29(25)34)27(20-9-5-3-6-10-20)32-24-16-14-23(15-17-24)31-22-11-7-4-8-12-22/h3,5-6,9-10,13-19,22,31-33H,2,4,7-8,11-12H2,1H3. The molecule has 0 spiro atoms. The van der Waals surface area contributed by atoms with E-state index in [1.54, 1.807) is 25.1 Å². The number of Topliss-reactive ketones (excluding diaryl/α,β-unsaturated/α-hetero) is 1. The number of benzene rings is 3. The first kappa shape index (κ1) is 23.7. The Morgan fingerprint density at radius 2 is 1.64 bits per heavy atom. The van der Waals surface area contributed by atoms with Gasteiger partial charge in [0, 0.05) is 28.5 Å². The first-order chi connectivity index (χ1) is 17.6. The molecule has 36 heavy (non-hydrogen) atoms. The third-order valence-electron chi connectivity index (χ3n) is 6.70. The normalized spacial score (nSPS) is 16.6. The largest absolute Gasteiger partial charge is 0.462 e. The Morgan fingerprint density at radius 3 is 2.36 bits per heavy atom. The predicted octanol–water partition coefficient (Wildman–Crippen LogP) is 6.70. The number of esters is 1. The number of nitrogens with one attached hydrogen (secondary N) is 3. The molecule has 3 aromatic rings. The third kappa shape index (κ3) is 5.13. The van der Waals surface area contributed by atoms with Gasteiger partial charge in [-0.1, -0.05) is 49.6 Å². The van der Waals surface area contributed by atoms with E-state index in [4.69, 9.17) is 4.74 Å². The summed E-state index contributed by atoms with van der Waals surface area (Å²) in [5.41, 5.74) is 5.54. The molecule has 5 rings (SSSR count). The fourth-order valence-corrected chi connectivity index (χ4v) is 4.85. The van der Waals surface area contributed by atoms with E-state index in [1.165, 1.54) is 32.1 Å². The van der Waals surface area contributed by atoms with Gasteiger partial charge in [0.2, 0.25) is 5.78 Å². The summed E-state index contributed by atoms with van der Waals surface area (Å²) >= 11 is 0. The molecule has 2 aliphatic rings. The molecule has 1 heterocycles. The van der Waals surface area contributed by atoms with Crippen molar-refractivity contribution in [2.24, 2.45) is 0 Å². The maximum Gasteiger partial charge on any atom is 0.338 e. The SMILES string of the molecule is CCOC(=O)c1ccc2c(c1)NC(=C(Nc1ccc(NC3CCCCC3)cc1)c1ccccc1)C2=O. The molecule has 1 aliphatic carbocycles. The summed E-state index contributed by atoms with van der Waals surface area (Å²) in [6.45, 7) is 2.06. The molecule has 6 nitrogen and oxygen atoms in total. The maximum atomic E-state index is 13.4. The topological polar surface area (TPSA) is 79.5 Å². The number of rotatable bonds is 7. The molecule has 1 aliphatic heterocycles. The molecule has 0 bridgehead atoms. The minimum absolute atomic E-state index is 0.123. The van der Waals surface area contributed by atoms with Crippen molar-refractivity contribution in [2.75, 3.05) is 22.6 Å². The van der Waals surface area contributed by atoms with E-state index in [9.17, 15) is 9.59 Å². The van der Waals surface area contributed by atoms with Crippen LogP contribution in [0.25, 0.3) is 5.70 Å². The van der Waals surface area contributed by atoms with Crippen LogP contribution in [-0.4, -0.2) is 24.4 Å². The molecule has 0 aromatic heterocycles.